The number of nitrogens with zero attached hydrogens (tertiary/aromatic N) is 1. The van der Waals surface area contributed by atoms with Gasteiger partial charge in [-0.25, -0.2) is 5.43 Å². The van der Waals surface area contributed by atoms with E-state index in [9.17, 15) is 14.4 Å². The lowest BCUT2D eigenvalue weighted by Crippen LogP contribution is -2.41. The topological polar surface area (TPSA) is 99.7 Å². The van der Waals surface area contributed by atoms with Crippen molar-refractivity contribution in [2.75, 3.05) is 13.6 Å². The molecule has 0 aromatic rings. The average molecular weight is 212 g/mol. The quantitative estimate of drug-likeness (QED) is 0.510. The summed E-state index contributed by atoms with van der Waals surface area (Å²) in [5, 5.41) is 8.34. The Hall–Kier alpha value is -1.92. The number of likely N-dealkylation sites (N-methyl/N-ethyl adjacent to an activating group) is 1. The van der Waals surface area contributed by atoms with E-state index in [2.05, 4.69) is 21.2 Å². The van der Waals surface area contributed by atoms with Crippen molar-refractivity contribution in [1.29, 1.82) is 0 Å². The normalized spacial score (nSPS) is 15.0. The molecule has 0 saturated carbocycles. The first-order valence-corrected chi connectivity index (χ1v) is 4.47. The molecular formula is C8H12N4O3. The largest absolute Gasteiger partial charge is 0.358 e. The van der Waals surface area contributed by atoms with Gasteiger partial charge in [-0.3, -0.25) is 14.4 Å². The molecule has 0 bridgehead atoms. The predicted octanol–water partition coefficient (Wildman–Crippen LogP) is -1.89. The number of nitrogens with one attached hydrogen (secondary N) is 3. The molecule has 0 saturated heterocycles. The summed E-state index contributed by atoms with van der Waals surface area (Å²) >= 11 is 0. The van der Waals surface area contributed by atoms with E-state index < -0.39 is 5.91 Å². The Balaban J connectivity index is 2.41. The molecule has 15 heavy (non-hydrogen) atoms. The number of amides is 3. The van der Waals surface area contributed by atoms with Gasteiger partial charge in [-0.2, -0.15) is 5.10 Å². The number of hydrazone groups is 1. The monoisotopic (exact) mass is 212 g/mol. The molecule has 7 nitrogen and oxygen atoms in total. The fourth-order valence-electron chi connectivity index (χ4n) is 0.989. The lowest BCUT2D eigenvalue weighted by atomic mass is 10.1. The summed E-state index contributed by atoms with van der Waals surface area (Å²) in [6, 6.07) is 0. The standard InChI is InChI=1S/C8H12N4O3/c1-9-7(14)4-10-8(15)5-2-3-6(13)12-11-5/h2-4H2,1H3,(H,9,14)(H,10,15)(H,12,13). The van der Waals surface area contributed by atoms with Gasteiger partial charge in [-0.1, -0.05) is 0 Å². The van der Waals surface area contributed by atoms with Crippen molar-refractivity contribution < 1.29 is 14.4 Å². The molecule has 0 spiro atoms. The van der Waals surface area contributed by atoms with Crippen LogP contribution in [0, 0.1) is 0 Å². The van der Waals surface area contributed by atoms with Gasteiger partial charge in [0.05, 0.1) is 6.54 Å². The smallest absolute Gasteiger partial charge is 0.267 e. The summed E-state index contributed by atoms with van der Waals surface area (Å²) in [5.74, 6) is -0.930. The highest BCUT2D eigenvalue weighted by Gasteiger charge is 2.18. The maximum Gasteiger partial charge on any atom is 0.267 e. The minimum atomic E-state index is -0.432. The average Bonchev–Trinajstić information content (AvgIpc) is 2.26. The molecule has 1 aliphatic rings. The summed E-state index contributed by atoms with van der Waals surface area (Å²) in [6.45, 7) is -0.0949. The maximum atomic E-state index is 11.4. The van der Waals surface area contributed by atoms with Crippen molar-refractivity contribution in [3.05, 3.63) is 0 Å². The van der Waals surface area contributed by atoms with Crippen LogP contribution in [0.1, 0.15) is 12.8 Å². The van der Waals surface area contributed by atoms with Crippen molar-refractivity contribution >= 4 is 23.4 Å². The molecule has 3 N–H and O–H groups in total. The molecule has 82 valence electrons. The highest BCUT2D eigenvalue weighted by molar-refractivity contribution is 6.39. The van der Waals surface area contributed by atoms with E-state index in [0.717, 1.165) is 0 Å². The van der Waals surface area contributed by atoms with Crippen LogP contribution >= 0.6 is 0 Å². The summed E-state index contributed by atoms with van der Waals surface area (Å²) in [6.07, 6.45) is 0.539. The second-order valence-electron chi connectivity index (χ2n) is 2.95. The second kappa shape index (κ2) is 5.08. The van der Waals surface area contributed by atoms with Crippen LogP contribution in [-0.4, -0.2) is 37.0 Å². The molecule has 0 radical (unpaired) electrons. The molecule has 7 heteroatoms. The van der Waals surface area contributed by atoms with Gasteiger partial charge >= 0.3 is 0 Å². The fourth-order valence-corrected chi connectivity index (χ4v) is 0.989. The van der Waals surface area contributed by atoms with Crippen molar-refractivity contribution in [1.82, 2.24) is 16.1 Å². The third-order valence-electron chi connectivity index (χ3n) is 1.85. The first-order chi connectivity index (χ1) is 7.13. The minimum absolute atomic E-state index is 0.0949. The zero-order valence-electron chi connectivity index (χ0n) is 8.29. The number of carbonyl (C=O) groups is 3. The highest BCUT2D eigenvalue weighted by atomic mass is 16.2. The summed E-state index contributed by atoms with van der Waals surface area (Å²) < 4.78 is 0. The van der Waals surface area contributed by atoms with Crippen LogP contribution in [0.3, 0.4) is 0 Å². The van der Waals surface area contributed by atoms with Crippen molar-refractivity contribution in [2.45, 2.75) is 12.8 Å². The van der Waals surface area contributed by atoms with Crippen LogP contribution in [0.5, 0.6) is 0 Å². The van der Waals surface area contributed by atoms with E-state index >= 15 is 0 Å². The van der Waals surface area contributed by atoms with E-state index in [1.54, 1.807) is 0 Å². The Morgan fingerprint density at radius 1 is 1.47 bits per heavy atom. The summed E-state index contributed by atoms with van der Waals surface area (Å²) in [7, 11) is 1.48. The molecular weight excluding hydrogens is 200 g/mol. The van der Waals surface area contributed by atoms with Crippen LogP contribution < -0.4 is 16.1 Å². The fraction of sp³-hybridized carbons (Fsp3) is 0.500. The number of rotatable bonds is 3. The lowest BCUT2D eigenvalue weighted by molar-refractivity contribution is -0.123. The van der Waals surface area contributed by atoms with Crippen molar-refractivity contribution in [3.8, 4) is 0 Å². The molecule has 0 unspecified atom stereocenters. The third kappa shape index (κ3) is 3.37. The van der Waals surface area contributed by atoms with Gasteiger partial charge in [-0.15, -0.1) is 0 Å². The van der Waals surface area contributed by atoms with Gasteiger partial charge < -0.3 is 10.6 Å². The van der Waals surface area contributed by atoms with Gasteiger partial charge in [0.1, 0.15) is 5.71 Å². The Labute approximate surface area is 86.3 Å². The van der Waals surface area contributed by atoms with Gasteiger partial charge in [-0.05, 0) is 0 Å². The zero-order valence-corrected chi connectivity index (χ0v) is 8.29. The predicted molar refractivity (Wildman–Crippen MR) is 51.9 cm³/mol. The molecule has 0 atom stereocenters. The zero-order chi connectivity index (χ0) is 11.3. The first-order valence-electron chi connectivity index (χ1n) is 4.47. The molecule has 0 fully saturated rings. The van der Waals surface area contributed by atoms with Crippen molar-refractivity contribution in [3.63, 3.8) is 0 Å². The van der Waals surface area contributed by atoms with Gasteiger partial charge in [0.2, 0.25) is 11.8 Å². The SMILES string of the molecule is CNC(=O)CNC(=O)C1=NNC(=O)CC1. The Bertz CT molecular complexity index is 324. The molecule has 0 aromatic heterocycles. The lowest BCUT2D eigenvalue weighted by Gasteiger charge is -2.11. The summed E-state index contributed by atoms with van der Waals surface area (Å²) in [5.41, 5.74) is 2.44. The van der Waals surface area contributed by atoms with Gasteiger partial charge in [0.15, 0.2) is 0 Å². The highest BCUT2D eigenvalue weighted by Crippen LogP contribution is 1.98. The van der Waals surface area contributed by atoms with Gasteiger partial charge in [0, 0.05) is 19.9 Å². The minimum Gasteiger partial charge on any atom is -0.358 e. The summed E-state index contributed by atoms with van der Waals surface area (Å²) in [4.78, 5) is 32.9. The molecule has 3 amide bonds. The molecule has 0 aromatic carbocycles. The third-order valence-corrected chi connectivity index (χ3v) is 1.85. The maximum absolute atomic E-state index is 11.4. The van der Waals surface area contributed by atoms with Crippen LogP contribution in [0.2, 0.25) is 0 Å². The number of hydrogen-bond donors (Lipinski definition) is 3. The molecule has 1 aliphatic heterocycles. The van der Waals surface area contributed by atoms with Crippen LogP contribution in [0.4, 0.5) is 0 Å². The Morgan fingerprint density at radius 3 is 2.73 bits per heavy atom. The first kappa shape index (κ1) is 11.2. The molecule has 1 rings (SSSR count). The Morgan fingerprint density at radius 2 is 2.20 bits per heavy atom. The Kier molecular flexibility index (Phi) is 3.78. The van der Waals surface area contributed by atoms with E-state index in [-0.39, 0.29) is 30.5 Å². The van der Waals surface area contributed by atoms with E-state index in [1.807, 2.05) is 0 Å². The number of carbonyl (C=O) groups excluding carboxylic acids is 3. The van der Waals surface area contributed by atoms with Crippen LogP contribution in [-0.2, 0) is 14.4 Å². The van der Waals surface area contributed by atoms with Crippen molar-refractivity contribution in [2.24, 2.45) is 5.10 Å². The molecule has 0 aliphatic carbocycles. The van der Waals surface area contributed by atoms with E-state index in [1.165, 1.54) is 7.05 Å². The van der Waals surface area contributed by atoms with E-state index in [4.69, 9.17) is 0 Å². The number of hydrogen-bond acceptors (Lipinski definition) is 4. The van der Waals surface area contributed by atoms with Crippen LogP contribution in [0.15, 0.2) is 5.10 Å². The van der Waals surface area contributed by atoms with E-state index in [0.29, 0.717) is 6.42 Å². The molecule has 1 heterocycles. The van der Waals surface area contributed by atoms with Crippen LogP contribution in [0.25, 0.3) is 0 Å². The second-order valence-corrected chi connectivity index (χ2v) is 2.95. The van der Waals surface area contributed by atoms with Gasteiger partial charge in [0.25, 0.3) is 5.91 Å².